The molecule has 3 rings (SSSR count). The molecule has 3 aromatic rings. The second kappa shape index (κ2) is 5.11. The Kier molecular flexibility index (Phi) is 3.31. The predicted octanol–water partition coefficient (Wildman–Crippen LogP) is 4.31. The molecule has 0 aliphatic heterocycles. The molecule has 0 atom stereocenters. The van der Waals surface area contributed by atoms with Crippen molar-refractivity contribution in [2.24, 2.45) is 0 Å². The number of hydrogen-bond donors (Lipinski definition) is 1. The minimum atomic E-state index is -0.104. The fraction of sp³-hybridized carbons (Fsp3) is 0. The number of pyridine rings is 1. The lowest BCUT2D eigenvalue weighted by Gasteiger charge is -2.07. The molecule has 1 amide bonds. The van der Waals surface area contributed by atoms with Gasteiger partial charge in [0.05, 0.1) is 16.1 Å². The van der Waals surface area contributed by atoms with Crippen molar-refractivity contribution in [3.8, 4) is 0 Å². The largest absolute Gasteiger partial charge is 0.319 e. The van der Waals surface area contributed by atoms with E-state index >= 15 is 0 Å². The van der Waals surface area contributed by atoms with Crippen molar-refractivity contribution in [2.45, 2.75) is 0 Å². The number of carbonyl (C=O) groups excluding carboxylic acids is 1. The quantitative estimate of drug-likeness (QED) is 0.759. The maximum absolute atomic E-state index is 12.0. The van der Waals surface area contributed by atoms with E-state index < -0.39 is 0 Å². The van der Waals surface area contributed by atoms with Gasteiger partial charge in [0.25, 0.3) is 5.91 Å². The Balaban J connectivity index is 1.99. The summed E-state index contributed by atoms with van der Waals surface area (Å²) in [5.74, 6) is -0.104. The fourth-order valence-corrected chi connectivity index (χ4v) is 2.79. The summed E-state index contributed by atoms with van der Waals surface area (Å²) in [7, 11) is 0. The van der Waals surface area contributed by atoms with Crippen LogP contribution in [0.5, 0.6) is 0 Å². The van der Waals surface area contributed by atoms with E-state index in [9.17, 15) is 4.79 Å². The zero-order valence-corrected chi connectivity index (χ0v) is 12.2. The highest BCUT2D eigenvalue weighted by molar-refractivity contribution is 9.10. The van der Waals surface area contributed by atoms with Gasteiger partial charge in [-0.3, -0.25) is 9.78 Å². The molecule has 0 radical (unpaired) electrons. The number of nitrogens with zero attached hydrogens (tertiary/aromatic N) is 1. The van der Waals surface area contributed by atoms with Crippen LogP contribution < -0.4 is 5.32 Å². The van der Waals surface area contributed by atoms with Crippen LogP contribution in [0.2, 0.25) is 0 Å². The van der Waals surface area contributed by atoms with Crippen LogP contribution in [-0.2, 0) is 0 Å². The second-order valence-corrected chi connectivity index (χ2v) is 5.83. The SMILES string of the molecule is O=C(Nc1cccc2cc(Br)cnc12)c1cccs1. The molecule has 0 aliphatic carbocycles. The van der Waals surface area contributed by atoms with Crippen molar-refractivity contribution in [2.75, 3.05) is 5.32 Å². The minimum absolute atomic E-state index is 0.104. The van der Waals surface area contributed by atoms with Gasteiger partial charge in [0.1, 0.15) is 0 Å². The number of halogens is 1. The maximum atomic E-state index is 12.0. The lowest BCUT2D eigenvalue weighted by atomic mass is 10.2. The van der Waals surface area contributed by atoms with E-state index in [0.717, 1.165) is 21.1 Å². The van der Waals surface area contributed by atoms with Crippen molar-refractivity contribution in [1.29, 1.82) is 0 Å². The number of thiophene rings is 1. The summed E-state index contributed by atoms with van der Waals surface area (Å²) in [5.41, 5.74) is 1.51. The van der Waals surface area contributed by atoms with Crippen molar-refractivity contribution >= 4 is 49.8 Å². The fourth-order valence-electron chi connectivity index (χ4n) is 1.83. The lowest BCUT2D eigenvalue weighted by molar-refractivity contribution is 0.103. The van der Waals surface area contributed by atoms with Crippen LogP contribution in [0.1, 0.15) is 9.67 Å². The molecule has 2 heterocycles. The van der Waals surface area contributed by atoms with Gasteiger partial charge in [-0.2, -0.15) is 0 Å². The van der Waals surface area contributed by atoms with E-state index in [1.54, 1.807) is 12.3 Å². The van der Waals surface area contributed by atoms with E-state index in [2.05, 4.69) is 26.2 Å². The Hall–Kier alpha value is -1.72. The highest BCUT2D eigenvalue weighted by Crippen LogP contribution is 2.24. The first-order valence-corrected chi connectivity index (χ1v) is 7.30. The van der Waals surface area contributed by atoms with Gasteiger partial charge in [-0.1, -0.05) is 18.2 Å². The molecule has 0 fully saturated rings. The third-order valence-electron chi connectivity index (χ3n) is 2.67. The Labute approximate surface area is 122 Å². The van der Waals surface area contributed by atoms with E-state index in [1.807, 2.05) is 35.7 Å². The summed E-state index contributed by atoms with van der Waals surface area (Å²) in [5, 5.41) is 5.77. The molecule has 0 aliphatic rings. The summed E-state index contributed by atoms with van der Waals surface area (Å²) >= 11 is 4.81. The number of anilines is 1. The first-order chi connectivity index (χ1) is 9.24. The molecule has 3 nitrogen and oxygen atoms in total. The molecular weight excluding hydrogens is 324 g/mol. The third kappa shape index (κ3) is 2.52. The molecule has 0 bridgehead atoms. The molecule has 0 saturated carbocycles. The normalized spacial score (nSPS) is 10.6. The monoisotopic (exact) mass is 332 g/mol. The number of fused-ring (bicyclic) bond motifs is 1. The summed E-state index contributed by atoms with van der Waals surface area (Å²) in [4.78, 5) is 17.1. The topological polar surface area (TPSA) is 42.0 Å². The van der Waals surface area contributed by atoms with Crippen LogP contribution in [0, 0.1) is 0 Å². The highest BCUT2D eigenvalue weighted by atomic mass is 79.9. The van der Waals surface area contributed by atoms with E-state index in [0.29, 0.717) is 4.88 Å². The van der Waals surface area contributed by atoms with Crippen molar-refractivity contribution in [3.63, 3.8) is 0 Å². The van der Waals surface area contributed by atoms with Crippen LogP contribution in [0.4, 0.5) is 5.69 Å². The number of hydrogen-bond acceptors (Lipinski definition) is 3. The third-order valence-corrected chi connectivity index (χ3v) is 3.97. The minimum Gasteiger partial charge on any atom is -0.319 e. The van der Waals surface area contributed by atoms with E-state index in [4.69, 9.17) is 0 Å². The van der Waals surface area contributed by atoms with Crippen LogP contribution >= 0.6 is 27.3 Å². The maximum Gasteiger partial charge on any atom is 0.265 e. The van der Waals surface area contributed by atoms with Crippen LogP contribution in [0.3, 0.4) is 0 Å². The Morgan fingerprint density at radius 1 is 1.26 bits per heavy atom. The standard InChI is InChI=1S/C14H9BrN2OS/c15-10-7-9-3-1-4-11(13(9)16-8-10)17-14(18)12-5-2-6-19-12/h1-8H,(H,17,18). The molecule has 94 valence electrons. The summed E-state index contributed by atoms with van der Waals surface area (Å²) in [6.07, 6.45) is 1.73. The molecule has 2 aromatic heterocycles. The zero-order valence-electron chi connectivity index (χ0n) is 9.76. The van der Waals surface area contributed by atoms with Crippen molar-refractivity contribution in [1.82, 2.24) is 4.98 Å². The summed E-state index contributed by atoms with van der Waals surface area (Å²) < 4.78 is 0.918. The average molecular weight is 333 g/mol. The molecule has 1 N–H and O–H groups in total. The number of carbonyl (C=O) groups is 1. The highest BCUT2D eigenvalue weighted by Gasteiger charge is 2.09. The number of para-hydroxylation sites is 1. The zero-order chi connectivity index (χ0) is 13.2. The number of amides is 1. The predicted molar refractivity (Wildman–Crippen MR) is 81.7 cm³/mol. The number of rotatable bonds is 2. The smallest absolute Gasteiger partial charge is 0.265 e. The van der Waals surface area contributed by atoms with E-state index in [-0.39, 0.29) is 5.91 Å². The van der Waals surface area contributed by atoms with Gasteiger partial charge in [0, 0.05) is 16.1 Å². The number of nitrogens with one attached hydrogen (secondary N) is 1. The number of benzene rings is 1. The lowest BCUT2D eigenvalue weighted by Crippen LogP contribution is -2.10. The van der Waals surface area contributed by atoms with Gasteiger partial charge in [-0.05, 0) is 39.5 Å². The second-order valence-electron chi connectivity index (χ2n) is 3.96. The van der Waals surface area contributed by atoms with Crippen LogP contribution in [-0.4, -0.2) is 10.9 Å². The average Bonchev–Trinajstić information content (AvgIpc) is 2.92. The van der Waals surface area contributed by atoms with Crippen LogP contribution in [0.25, 0.3) is 10.9 Å². The van der Waals surface area contributed by atoms with Crippen molar-refractivity contribution in [3.05, 3.63) is 57.3 Å². The first kappa shape index (κ1) is 12.3. The number of aromatic nitrogens is 1. The Morgan fingerprint density at radius 2 is 2.16 bits per heavy atom. The molecular formula is C14H9BrN2OS. The van der Waals surface area contributed by atoms with Gasteiger partial charge in [-0.25, -0.2) is 0 Å². The summed E-state index contributed by atoms with van der Waals surface area (Å²) in [6, 6.07) is 11.4. The van der Waals surface area contributed by atoms with Gasteiger partial charge in [0.2, 0.25) is 0 Å². The Bertz CT molecular complexity index is 740. The Morgan fingerprint density at radius 3 is 2.95 bits per heavy atom. The molecule has 0 unspecified atom stereocenters. The molecule has 5 heteroatoms. The van der Waals surface area contributed by atoms with Gasteiger partial charge in [-0.15, -0.1) is 11.3 Å². The van der Waals surface area contributed by atoms with Crippen LogP contribution in [0.15, 0.2) is 52.4 Å². The van der Waals surface area contributed by atoms with Crippen molar-refractivity contribution < 1.29 is 4.79 Å². The van der Waals surface area contributed by atoms with Gasteiger partial charge >= 0.3 is 0 Å². The molecule has 0 saturated heterocycles. The summed E-state index contributed by atoms with van der Waals surface area (Å²) in [6.45, 7) is 0. The molecule has 1 aromatic carbocycles. The molecule has 19 heavy (non-hydrogen) atoms. The first-order valence-electron chi connectivity index (χ1n) is 5.63. The van der Waals surface area contributed by atoms with E-state index in [1.165, 1.54) is 11.3 Å². The molecule has 0 spiro atoms. The van der Waals surface area contributed by atoms with Gasteiger partial charge < -0.3 is 5.32 Å². The van der Waals surface area contributed by atoms with Gasteiger partial charge in [0.15, 0.2) is 0 Å².